The molecular weight excluding hydrogens is 443 g/mol. The number of rotatable bonds is 7. The Hall–Kier alpha value is -2.98. The Bertz CT molecular complexity index is 1320. The summed E-state index contributed by atoms with van der Waals surface area (Å²) in [6.45, 7) is 4.38. The SMILES string of the molecule is C=CCn1c(=NC(=O)CCCS(=O)(=O)c2ccc(F)cc2)sc2cc3c(cc21)OCO3. The number of allylic oxidation sites excluding steroid dienone is 1. The second kappa shape index (κ2) is 8.64. The third kappa shape index (κ3) is 4.54. The Morgan fingerprint density at radius 3 is 2.65 bits per heavy atom. The summed E-state index contributed by atoms with van der Waals surface area (Å²) in [5.74, 6) is 0.127. The maximum absolute atomic E-state index is 13.0. The van der Waals surface area contributed by atoms with Crippen LogP contribution >= 0.6 is 11.3 Å². The molecule has 0 saturated heterocycles. The van der Waals surface area contributed by atoms with E-state index in [2.05, 4.69) is 11.6 Å². The molecule has 1 aliphatic rings. The van der Waals surface area contributed by atoms with Crippen molar-refractivity contribution in [2.24, 2.45) is 4.99 Å². The number of hydrogen-bond acceptors (Lipinski definition) is 6. The van der Waals surface area contributed by atoms with E-state index in [0.29, 0.717) is 22.8 Å². The fourth-order valence-corrected chi connectivity index (χ4v) is 5.56. The minimum absolute atomic E-state index is 0.0223. The Morgan fingerprint density at radius 1 is 1.23 bits per heavy atom. The van der Waals surface area contributed by atoms with Crippen molar-refractivity contribution in [1.82, 2.24) is 4.57 Å². The molecule has 2 aromatic carbocycles. The van der Waals surface area contributed by atoms with Crippen molar-refractivity contribution in [3.8, 4) is 11.5 Å². The number of carbonyl (C=O) groups is 1. The average molecular weight is 463 g/mol. The summed E-state index contributed by atoms with van der Waals surface area (Å²) in [5.41, 5.74) is 0.847. The van der Waals surface area contributed by atoms with Gasteiger partial charge in [0.2, 0.25) is 12.7 Å². The summed E-state index contributed by atoms with van der Waals surface area (Å²) < 4.78 is 51.2. The number of carbonyl (C=O) groups excluding carboxylic acids is 1. The lowest BCUT2D eigenvalue weighted by molar-refractivity contribution is -0.118. The number of ether oxygens (including phenoxy) is 2. The summed E-state index contributed by atoms with van der Waals surface area (Å²) in [6.07, 6.45) is 1.80. The molecule has 0 unspecified atom stereocenters. The zero-order valence-corrected chi connectivity index (χ0v) is 18.0. The molecule has 10 heteroatoms. The molecular formula is C21H19FN2O5S2. The molecule has 162 valence electrons. The minimum Gasteiger partial charge on any atom is -0.454 e. The third-order valence-electron chi connectivity index (χ3n) is 4.69. The maximum atomic E-state index is 13.0. The second-order valence-corrected chi connectivity index (χ2v) is 9.96. The normalized spacial score (nSPS) is 13.6. The van der Waals surface area contributed by atoms with Crippen molar-refractivity contribution >= 4 is 37.3 Å². The molecule has 31 heavy (non-hydrogen) atoms. The van der Waals surface area contributed by atoms with Crippen LogP contribution < -0.4 is 14.3 Å². The van der Waals surface area contributed by atoms with Crippen LogP contribution in [0.1, 0.15) is 12.8 Å². The molecule has 0 bridgehead atoms. The molecule has 0 saturated carbocycles. The average Bonchev–Trinajstić information content (AvgIpc) is 3.31. The van der Waals surface area contributed by atoms with Gasteiger partial charge in [0.25, 0.3) is 0 Å². The van der Waals surface area contributed by atoms with Gasteiger partial charge in [0.1, 0.15) is 5.82 Å². The fraction of sp³-hybridized carbons (Fsp3) is 0.238. The number of sulfone groups is 1. The van der Waals surface area contributed by atoms with Crippen molar-refractivity contribution < 1.29 is 27.1 Å². The first kappa shape index (κ1) is 21.3. The quantitative estimate of drug-likeness (QED) is 0.397. The molecule has 1 amide bonds. The van der Waals surface area contributed by atoms with Crippen molar-refractivity contribution in [3.05, 3.63) is 59.7 Å². The first-order valence-corrected chi connectivity index (χ1v) is 11.9. The summed E-state index contributed by atoms with van der Waals surface area (Å²) in [5, 5.41) is 0. The zero-order valence-electron chi connectivity index (χ0n) is 16.4. The Kier molecular flexibility index (Phi) is 5.92. The molecule has 0 atom stereocenters. The van der Waals surface area contributed by atoms with E-state index in [1.807, 2.05) is 16.7 Å². The van der Waals surface area contributed by atoms with Crippen LogP contribution in [0, 0.1) is 5.82 Å². The molecule has 7 nitrogen and oxygen atoms in total. The number of nitrogens with zero attached hydrogens (tertiary/aromatic N) is 2. The lowest BCUT2D eigenvalue weighted by Gasteiger charge is -2.04. The van der Waals surface area contributed by atoms with E-state index in [1.54, 1.807) is 6.08 Å². The van der Waals surface area contributed by atoms with Crippen molar-refractivity contribution in [2.75, 3.05) is 12.5 Å². The number of hydrogen-bond donors (Lipinski definition) is 0. The van der Waals surface area contributed by atoms with Gasteiger partial charge in [-0.05, 0) is 30.7 Å². The van der Waals surface area contributed by atoms with Gasteiger partial charge in [0.05, 0.1) is 20.9 Å². The molecule has 4 rings (SSSR count). The highest BCUT2D eigenvalue weighted by Crippen LogP contribution is 2.37. The van der Waals surface area contributed by atoms with Crippen LogP contribution in [0.3, 0.4) is 0 Å². The van der Waals surface area contributed by atoms with Crippen LogP contribution in [0.5, 0.6) is 11.5 Å². The second-order valence-electron chi connectivity index (χ2n) is 6.84. The zero-order chi connectivity index (χ0) is 22.0. The van der Waals surface area contributed by atoms with E-state index in [1.165, 1.54) is 23.5 Å². The predicted octanol–water partition coefficient (Wildman–Crippen LogP) is 3.44. The molecule has 0 radical (unpaired) electrons. The smallest absolute Gasteiger partial charge is 0.248 e. The number of amides is 1. The van der Waals surface area contributed by atoms with Gasteiger partial charge in [-0.1, -0.05) is 17.4 Å². The lowest BCUT2D eigenvalue weighted by Crippen LogP contribution is -2.16. The molecule has 0 spiro atoms. The number of halogens is 1. The Labute approximate surface area is 182 Å². The first-order chi connectivity index (χ1) is 14.9. The monoisotopic (exact) mass is 462 g/mol. The topological polar surface area (TPSA) is 87.0 Å². The lowest BCUT2D eigenvalue weighted by atomic mass is 10.3. The van der Waals surface area contributed by atoms with Gasteiger partial charge in [-0.15, -0.1) is 6.58 Å². The van der Waals surface area contributed by atoms with E-state index < -0.39 is 21.6 Å². The van der Waals surface area contributed by atoms with Gasteiger partial charge in [-0.3, -0.25) is 4.79 Å². The van der Waals surface area contributed by atoms with E-state index in [4.69, 9.17) is 9.47 Å². The standard InChI is InChI=1S/C21H19FN2O5S2/c1-2-9-24-16-11-17-18(29-13-28-17)12-19(16)30-21(24)23-20(25)4-3-10-31(26,27)15-7-5-14(22)6-8-15/h2,5-8,11-12H,1,3-4,9-10,13H2. The van der Waals surface area contributed by atoms with Gasteiger partial charge in [0.15, 0.2) is 26.1 Å². The van der Waals surface area contributed by atoms with E-state index in [-0.39, 0.29) is 30.3 Å². The first-order valence-electron chi connectivity index (χ1n) is 9.47. The minimum atomic E-state index is -3.59. The number of thiazole rings is 1. The Morgan fingerprint density at radius 2 is 1.94 bits per heavy atom. The molecule has 0 aliphatic carbocycles. The van der Waals surface area contributed by atoms with Crippen molar-refractivity contribution in [2.45, 2.75) is 24.3 Å². The maximum Gasteiger partial charge on any atom is 0.248 e. The molecule has 1 aliphatic heterocycles. The summed E-state index contributed by atoms with van der Waals surface area (Å²) >= 11 is 1.33. The van der Waals surface area contributed by atoms with Gasteiger partial charge in [-0.2, -0.15) is 4.99 Å². The predicted molar refractivity (Wildman–Crippen MR) is 114 cm³/mol. The van der Waals surface area contributed by atoms with Crippen LogP contribution in [-0.4, -0.2) is 31.4 Å². The van der Waals surface area contributed by atoms with Crippen LogP contribution in [0.4, 0.5) is 4.39 Å². The van der Waals surface area contributed by atoms with Crippen molar-refractivity contribution in [3.63, 3.8) is 0 Å². The highest BCUT2D eigenvalue weighted by molar-refractivity contribution is 7.91. The van der Waals surface area contributed by atoms with Gasteiger partial charge in [-0.25, -0.2) is 12.8 Å². The number of aromatic nitrogens is 1. The summed E-state index contributed by atoms with van der Waals surface area (Å²) in [6, 6.07) is 8.32. The van der Waals surface area contributed by atoms with Crippen LogP contribution in [-0.2, 0) is 21.2 Å². The molecule has 1 aromatic heterocycles. The van der Waals surface area contributed by atoms with E-state index in [0.717, 1.165) is 22.3 Å². The van der Waals surface area contributed by atoms with Crippen LogP contribution in [0.25, 0.3) is 10.2 Å². The summed E-state index contributed by atoms with van der Waals surface area (Å²) in [7, 11) is -3.59. The number of benzene rings is 2. The fourth-order valence-electron chi connectivity index (χ4n) is 3.19. The Balaban J connectivity index is 1.51. The van der Waals surface area contributed by atoms with Crippen LogP contribution in [0.15, 0.2) is 58.9 Å². The largest absolute Gasteiger partial charge is 0.454 e. The molecule has 3 aromatic rings. The highest BCUT2D eigenvalue weighted by Gasteiger charge is 2.18. The van der Waals surface area contributed by atoms with Gasteiger partial charge >= 0.3 is 0 Å². The number of fused-ring (bicyclic) bond motifs is 2. The highest BCUT2D eigenvalue weighted by atomic mass is 32.2. The molecule has 0 fully saturated rings. The van der Waals surface area contributed by atoms with E-state index >= 15 is 0 Å². The molecule has 0 N–H and O–H groups in total. The molecule has 2 heterocycles. The van der Waals surface area contributed by atoms with Crippen molar-refractivity contribution in [1.29, 1.82) is 0 Å². The third-order valence-corrected chi connectivity index (χ3v) is 7.54. The van der Waals surface area contributed by atoms with E-state index in [9.17, 15) is 17.6 Å². The van der Waals surface area contributed by atoms with Gasteiger partial charge in [0, 0.05) is 25.1 Å². The van der Waals surface area contributed by atoms with Gasteiger partial charge < -0.3 is 14.0 Å². The summed E-state index contributed by atoms with van der Waals surface area (Å²) in [4.78, 5) is 17.1. The van der Waals surface area contributed by atoms with Crippen LogP contribution in [0.2, 0.25) is 0 Å².